The molecule has 3 nitrogen and oxygen atoms in total. The van der Waals surface area contributed by atoms with Crippen LogP contribution in [0.15, 0.2) is 30.6 Å². The van der Waals surface area contributed by atoms with Crippen molar-refractivity contribution >= 4 is 11.0 Å². The van der Waals surface area contributed by atoms with Gasteiger partial charge in [-0.1, -0.05) is 25.5 Å². The van der Waals surface area contributed by atoms with Crippen LogP contribution in [-0.4, -0.2) is 22.6 Å². The van der Waals surface area contributed by atoms with Crippen molar-refractivity contribution in [2.24, 2.45) is 0 Å². The lowest BCUT2D eigenvalue weighted by molar-refractivity contribution is 0.574. The fraction of sp³-hybridized carbons (Fsp3) is 0.500. The van der Waals surface area contributed by atoms with Crippen molar-refractivity contribution in [1.82, 2.24) is 14.9 Å². The molecule has 0 amide bonds. The van der Waals surface area contributed by atoms with E-state index in [1.54, 1.807) is 0 Å². The first kappa shape index (κ1) is 12.1. The van der Waals surface area contributed by atoms with Gasteiger partial charge in [0, 0.05) is 6.54 Å². The molecule has 0 fully saturated rings. The summed E-state index contributed by atoms with van der Waals surface area (Å²) in [4.78, 5) is 4.39. The van der Waals surface area contributed by atoms with E-state index in [9.17, 15) is 0 Å². The highest BCUT2D eigenvalue weighted by atomic mass is 15.0. The maximum absolute atomic E-state index is 4.39. The second kappa shape index (κ2) is 6.40. The number of rotatable bonds is 7. The molecule has 1 aromatic heterocycles. The summed E-state index contributed by atoms with van der Waals surface area (Å²) in [6, 6.07) is 8.30. The third-order valence-electron chi connectivity index (χ3n) is 2.99. The molecule has 1 heterocycles. The molecule has 0 bridgehead atoms. The summed E-state index contributed by atoms with van der Waals surface area (Å²) in [7, 11) is 0. The van der Waals surface area contributed by atoms with Gasteiger partial charge in [-0.25, -0.2) is 4.98 Å². The normalized spacial score (nSPS) is 11.1. The van der Waals surface area contributed by atoms with Crippen molar-refractivity contribution < 1.29 is 0 Å². The quantitative estimate of drug-likeness (QED) is 0.743. The van der Waals surface area contributed by atoms with Gasteiger partial charge in [0.15, 0.2) is 0 Å². The highest BCUT2D eigenvalue weighted by molar-refractivity contribution is 5.74. The van der Waals surface area contributed by atoms with Gasteiger partial charge in [0.1, 0.15) is 0 Å². The van der Waals surface area contributed by atoms with Crippen LogP contribution in [0, 0.1) is 0 Å². The Morgan fingerprint density at radius 3 is 2.88 bits per heavy atom. The Morgan fingerprint density at radius 2 is 2.00 bits per heavy atom. The van der Waals surface area contributed by atoms with Crippen LogP contribution in [0.1, 0.15) is 26.2 Å². The van der Waals surface area contributed by atoms with Crippen molar-refractivity contribution in [2.45, 2.75) is 32.7 Å². The number of aryl methyl sites for hydroxylation is 1. The maximum Gasteiger partial charge on any atom is 0.0958 e. The molecule has 3 heteroatoms. The van der Waals surface area contributed by atoms with Gasteiger partial charge in [-0.2, -0.15) is 0 Å². The molecule has 2 aromatic rings. The minimum Gasteiger partial charge on any atom is -0.331 e. The number of nitrogens with zero attached hydrogens (tertiary/aromatic N) is 2. The molecule has 0 spiro atoms. The zero-order valence-corrected chi connectivity index (χ0v) is 10.5. The molecular formula is C14H21N3. The van der Waals surface area contributed by atoms with Gasteiger partial charge in [-0.15, -0.1) is 0 Å². The molecule has 17 heavy (non-hydrogen) atoms. The molecular weight excluding hydrogens is 210 g/mol. The Hall–Kier alpha value is -1.35. The first-order valence-electron chi connectivity index (χ1n) is 6.52. The molecule has 0 atom stereocenters. The lowest BCUT2D eigenvalue weighted by Gasteiger charge is -2.05. The first-order chi connectivity index (χ1) is 8.42. The monoisotopic (exact) mass is 231 g/mol. The molecule has 0 aliphatic rings. The van der Waals surface area contributed by atoms with Gasteiger partial charge in [0.05, 0.1) is 17.4 Å². The number of nitrogens with one attached hydrogen (secondary N) is 1. The van der Waals surface area contributed by atoms with E-state index in [-0.39, 0.29) is 0 Å². The summed E-state index contributed by atoms with van der Waals surface area (Å²) in [6.07, 6.45) is 5.63. The van der Waals surface area contributed by atoms with Crippen LogP contribution in [0.4, 0.5) is 0 Å². The predicted octanol–water partition coefficient (Wildman–Crippen LogP) is 2.82. The third kappa shape index (κ3) is 3.30. The number of hydrogen-bond donors (Lipinski definition) is 1. The molecule has 92 valence electrons. The maximum atomic E-state index is 4.39. The average Bonchev–Trinajstić information content (AvgIpc) is 2.77. The lowest BCUT2D eigenvalue weighted by atomic mass is 10.3. The molecule has 1 N–H and O–H groups in total. The van der Waals surface area contributed by atoms with Gasteiger partial charge in [0.2, 0.25) is 0 Å². The molecule has 0 radical (unpaired) electrons. The number of para-hydroxylation sites is 2. The van der Waals surface area contributed by atoms with Gasteiger partial charge >= 0.3 is 0 Å². The second-order valence-electron chi connectivity index (χ2n) is 4.38. The summed E-state index contributed by atoms with van der Waals surface area (Å²) in [5, 5.41) is 3.46. The lowest BCUT2D eigenvalue weighted by Crippen LogP contribution is -2.17. The molecule has 0 saturated carbocycles. The third-order valence-corrected chi connectivity index (χ3v) is 2.99. The van der Waals surface area contributed by atoms with E-state index >= 15 is 0 Å². The van der Waals surface area contributed by atoms with Crippen molar-refractivity contribution in [3.05, 3.63) is 30.6 Å². The molecule has 0 aliphatic carbocycles. The Kier molecular flexibility index (Phi) is 4.56. The van der Waals surface area contributed by atoms with E-state index in [0.717, 1.165) is 31.6 Å². The summed E-state index contributed by atoms with van der Waals surface area (Å²) in [5.74, 6) is 0. The van der Waals surface area contributed by atoms with Gasteiger partial charge in [0.25, 0.3) is 0 Å². The van der Waals surface area contributed by atoms with E-state index in [2.05, 4.69) is 40.0 Å². The summed E-state index contributed by atoms with van der Waals surface area (Å²) in [6.45, 7) is 5.49. The highest BCUT2D eigenvalue weighted by Crippen LogP contribution is 2.11. The predicted molar refractivity (Wildman–Crippen MR) is 72.1 cm³/mol. The first-order valence-corrected chi connectivity index (χ1v) is 6.52. The van der Waals surface area contributed by atoms with Crippen LogP contribution < -0.4 is 5.32 Å². The fourth-order valence-electron chi connectivity index (χ4n) is 1.99. The number of benzene rings is 1. The highest BCUT2D eigenvalue weighted by Gasteiger charge is 2.00. The number of hydrogen-bond acceptors (Lipinski definition) is 2. The van der Waals surface area contributed by atoms with Crippen molar-refractivity contribution in [2.75, 3.05) is 13.1 Å². The van der Waals surface area contributed by atoms with Crippen LogP contribution in [0.5, 0.6) is 0 Å². The van der Waals surface area contributed by atoms with Crippen LogP contribution in [0.25, 0.3) is 11.0 Å². The number of fused-ring (bicyclic) bond motifs is 1. The van der Waals surface area contributed by atoms with E-state index < -0.39 is 0 Å². The summed E-state index contributed by atoms with van der Waals surface area (Å²) in [5.41, 5.74) is 2.33. The van der Waals surface area contributed by atoms with Crippen molar-refractivity contribution in [1.29, 1.82) is 0 Å². The van der Waals surface area contributed by atoms with E-state index in [1.807, 2.05) is 12.4 Å². The van der Waals surface area contributed by atoms with E-state index in [0.29, 0.717) is 0 Å². The Bertz CT molecular complexity index is 447. The molecule has 0 aliphatic heterocycles. The molecule has 2 rings (SSSR count). The van der Waals surface area contributed by atoms with Crippen LogP contribution >= 0.6 is 0 Å². The zero-order chi connectivity index (χ0) is 11.9. The van der Waals surface area contributed by atoms with Crippen LogP contribution in [0.3, 0.4) is 0 Å². The Morgan fingerprint density at radius 1 is 1.18 bits per heavy atom. The minimum absolute atomic E-state index is 1.04. The second-order valence-corrected chi connectivity index (χ2v) is 4.38. The SMILES string of the molecule is CCCCNCCCn1cnc2ccccc21. The van der Waals surface area contributed by atoms with Crippen LogP contribution in [0.2, 0.25) is 0 Å². The molecule has 0 saturated heterocycles. The average molecular weight is 231 g/mol. The standard InChI is InChI=1S/C14H21N3/c1-2-3-9-15-10-6-11-17-12-16-13-7-4-5-8-14(13)17/h4-5,7-8,12,15H,2-3,6,9-11H2,1H3. The largest absolute Gasteiger partial charge is 0.331 e. The zero-order valence-electron chi connectivity index (χ0n) is 10.5. The van der Waals surface area contributed by atoms with E-state index in [4.69, 9.17) is 0 Å². The summed E-state index contributed by atoms with van der Waals surface area (Å²) >= 11 is 0. The number of aromatic nitrogens is 2. The number of imidazole rings is 1. The van der Waals surface area contributed by atoms with Gasteiger partial charge < -0.3 is 9.88 Å². The van der Waals surface area contributed by atoms with Crippen LogP contribution in [-0.2, 0) is 6.54 Å². The van der Waals surface area contributed by atoms with Gasteiger partial charge in [-0.05, 0) is 38.1 Å². The van der Waals surface area contributed by atoms with Gasteiger partial charge in [-0.3, -0.25) is 0 Å². The smallest absolute Gasteiger partial charge is 0.0958 e. The molecule has 0 unspecified atom stereocenters. The summed E-state index contributed by atoms with van der Waals surface area (Å²) < 4.78 is 2.23. The van der Waals surface area contributed by atoms with E-state index in [1.165, 1.54) is 18.4 Å². The van der Waals surface area contributed by atoms with Crippen molar-refractivity contribution in [3.63, 3.8) is 0 Å². The van der Waals surface area contributed by atoms with Crippen molar-refractivity contribution in [3.8, 4) is 0 Å². The fourth-order valence-corrected chi connectivity index (χ4v) is 1.99. The Balaban J connectivity index is 1.79. The Labute approximate surface area is 103 Å². The topological polar surface area (TPSA) is 29.9 Å². The molecule has 1 aromatic carbocycles. The minimum atomic E-state index is 1.04. The number of unbranched alkanes of at least 4 members (excludes halogenated alkanes) is 1.